The first-order valence-corrected chi connectivity index (χ1v) is 5.52. The Morgan fingerprint density at radius 3 is 3.14 bits per heavy atom. The van der Waals surface area contributed by atoms with Crippen molar-refractivity contribution in [2.75, 3.05) is 20.1 Å². The topological polar surface area (TPSA) is 28.2 Å². The average molecular weight is 234 g/mol. The molecule has 5 heteroatoms. The van der Waals surface area contributed by atoms with Crippen molar-refractivity contribution in [1.29, 1.82) is 0 Å². The molecule has 0 amide bonds. The van der Waals surface area contributed by atoms with Crippen molar-refractivity contribution in [1.82, 2.24) is 15.2 Å². The molecule has 1 saturated heterocycles. The Bertz CT molecular complexity index is 247. The van der Waals surface area contributed by atoms with Crippen LogP contribution in [0.25, 0.3) is 0 Å². The van der Waals surface area contributed by atoms with Crippen LogP contribution in [-0.2, 0) is 6.54 Å². The van der Waals surface area contributed by atoms with E-state index in [-0.39, 0.29) is 12.4 Å². The van der Waals surface area contributed by atoms with Crippen molar-refractivity contribution < 1.29 is 0 Å². The highest BCUT2D eigenvalue weighted by Gasteiger charge is 2.19. The number of hydrogen-bond donors (Lipinski definition) is 1. The molecule has 1 fully saturated rings. The van der Waals surface area contributed by atoms with Gasteiger partial charge in [-0.05, 0) is 20.0 Å². The van der Waals surface area contributed by atoms with Gasteiger partial charge in [-0.2, -0.15) is 0 Å². The second kappa shape index (κ2) is 5.66. The van der Waals surface area contributed by atoms with Crippen LogP contribution in [0.2, 0.25) is 0 Å². The first-order chi connectivity index (χ1) is 6.36. The third-order valence-electron chi connectivity index (χ3n) is 2.55. The minimum absolute atomic E-state index is 0. The summed E-state index contributed by atoms with van der Waals surface area (Å²) in [5, 5.41) is 3.38. The van der Waals surface area contributed by atoms with Crippen LogP contribution in [-0.4, -0.2) is 36.1 Å². The molecule has 1 N–H and O–H groups in total. The normalized spacial score (nSPS) is 21.1. The second-order valence-electron chi connectivity index (χ2n) is 3.53. The zero-order chi connectivity index (χ0) is 9.10. The van der Waals surface area contributed by atoms with E-state index < -0.39 is 0 Å². The molecule has 0 bridgehead atoms. The summed E-state index contributed by atoms with van der Waals surface area (Å²) in [4.78, 5) is 7.84. The van der Waals surface area contributed by atoms with E-state index in [4.69, 9.17) is 0 Å². The lowest BCUT2D eigenvalue weighted by Gasteiger charge is -2.22. The third-order valence-corrected chi connectivity index (χ3v) is 3.31. The van der Waals surface area contributed by atoms with Crippen molar-refractivity contribution in [2.45, 2.75) is 19.0 Å². The predicted molar refractivity (Wildman–Crippen MR) is 62.1 cm³/mol. The summed E-state index contributed by atoms with van der Waals surface area (Å²) >= 11 is 1.74. The highest BCUT2D eigenvalue weighted by Crippen LogP contribution is 2.13. The highest BCUT2D eigenvalue weighted by molar-refractivity contribution is 7.09. The van der Waals surface area contributed by atoms with Gasteiger partial charge in [-0.15, -0.1) is 23.7 Å². The summed E-state index contributed by atoms with van der Waals surface area (Å²) in [6.45, 7) is 3.34. The van der Waals surface area contributed by atoms with Crippen LogP contribution in [0, 0.1) is 0 Å². The molecule has 0 saturated carbocycles. The van der Waals surface area contributed by atoms with Crippen molar-refractivity contribution >= 4 is 23.7 Å². The van der Waals surface area contributed by atoms with Gasteiger partial charge in [0.05, 0.1) is 5.51 Å². The number of likely N-dealkylation sites (N-methyl/N-ethyl adjacent to an activating group) is 1. The Kier molecular flexibility index (Phi) is 4.81. The molecule has 1 unspecified atom stereocenters. The molecule has 3 nitrogen and oxygen atoms in total. The minimum atomic E-state index is 0. The molecule has 0 spiro atoms. The summed E-state index contributed by atoms with van der Waals surface area (Å²) in [6.07, 6.45) is 3.23. The minimum Gasteiger partial charge on any atom is -0.315 e. The van der Waals surface area contributed by atoms with Gasteiger partial charge in [-0.3, -0.25) is 9.88 Å². The van der Waals surface area contributed by atoms with E-state index in [1.807, 2.05) is 11.7 Å². The molecule has 0 aliphatic carbocycles. The van der Waals surface area contributed by atoms with Gasteiger partial charge in [0.15, 0.2) is 0 Å². The average Bonchev–Trinajstić information content (AvgIpc) is 2.74. The second-order valence-corrected chi connectivity index (χ2v) is 4.50. The monoisotopic (exact) mass is 233 g/mol. The number of halogens is 1. The van der Waals surface area contributed by atoms with Crippen molar-refractivity contribution in [3.8, 4) is 0 Å². The molecular weight excluding hydrogens is 218 g/mol. The Labute approximate surface area is 94.9 Å². The van der Waals surface area contributed by atoms with Crippen LogP contribution in [0.15, 0.2) is 11.7 Å². The number of hydrogen-bond acceptors (Lipinski definition) is 4. The number of aromatic nitrogens is 1. The number of thiazole rings is 1. The molecule has 1 atom stereocenters. The van der Waals surface area contributed by atoms with Gasteiger partial charge in [0.2, 0.25) is 0 Å². The van der Waals surface area contributed by atoms with Crippen molar-refractivity contribution in [3.05, 3.63) is 16.6 Å². The molecule has 1 aromatic heterocycles. The van der Waals surface area contributed by atoms with Gasteiger partial charge in [0, 0.05) is 30.2 Å². The standard InChI is InChI=1S/C9H15N3S.ClH/c1-12(8-2-3-10-4-8)6-9-5-11-7-13-9;/h5,7-8,10H,2-4,6H2,1H3;1H. The molecule has 0 radical (unpaired) electrons. The molecule has 0 aromatic carbocycles. The number of rotatable bonds is 3. The smallest absolute Gasteiger partial charge is 0.0794 e. The lowest BCUT2D eigenvalue weighted by atomic mass is 10.2. The quantitative estimate of drug-likeness (QED) is 0.855. The van der Waals surface area contributed by atoms with E-state index in [9.17, 15) is 0 Å². The van der Waals surface area contributed by atoms with E-state index >= 15 is 0 Å². The van der Waals surface area contributed by atoms with Gasteiger partial charge < -0.3 is 5.32 Å². The van der Waals surface area contributed by atoms with E-state index in [2.05, 4.69) is 22.2 Å². The van der Waals surface area contributed by atoms with E-state index in [1.165, 1.54) is 11.3 Å². The van der Waals surface area contributed by atoms with Crippen LogP contribution in [0.3, 0.4) is 0 Å². The summed E-state index contributed by atoms with van der Waals surface area (Å²) in [5.74, 6) is 0. The van der Waals surface area contributed by atoms with E-state index in [0.717, 1.165) is 19.6 Å². The first-order valence-electron chi connectivity index (χ1n) is 4.64. The van der Waals surface area contributed by atoms with Crippen molar-refractivity contribution in [2.24, 2.45) is 0 Å². The molecular formula is C9H16ClN3S. The third kappa shape index (κ3) is 2.92. The lowest BCUT2D eigenvalue weighted by molar-refractivity contribution is 0.251. The van der Waals surface area contributed by atoms with Gasteiger partial charge >= 0.3 is 0 Å². The summed E-state index contributed by atoms with van der Waals surface area (Å²) in [6, 6.07) is 0.710. The molecule has 80 valence electrons. The van der Waals surface area contributed by atoms with Gasteiger partial charge in [-0.1, -0.05) is 0 Å². The zero-order valence-electron chi connectivity index (χ0n) is 8.27. The number of nitrogens with zero attached hydrogens (tertiary/aromatic N) is 2. The molecule has 14 heavy (non-hydrogen) atoms. The van der Waals surface area contributed by atoms with Gasteiger partial charge in [0.25, 0.3) is 0 Å². The summed E-state index contributed by atoms with van der Waals surface area (Å²) in [5.41, 5.74) is 1.90. The molecule has 2 rings (SSSR count). The molecule has 1 aromatic rings. The maximum Gasteiger partial charge on any atom is 0.0794 e. The van der Waals surface area contributed by atoms with Crippen LogP contribution in [0.4, 0.5) is 0 Å². The summed E-state index contributed by atoms with van der Waals surface area (Å²) < 4.78 is 0. The Balaban J connectivity index is 0.000000980. The zero-order valence-corrected chi connectivity index (χ0v) is 9.90. The fourth-order valence-electron chi connectivity index (χ4n) is 1.71. The van der Waals surface area contributed by atoms with Crippen LogP contribution >= 0.6 is 23.7 Å². The first kappa shape index (κ1) is 11.9. The van der Waals surface area contributed by atoms with Crippen LogP contribution < -0.4 is 5.32 Å². The summed E-state index contributed by atoms with van der Waals surface area (Å²) in [7, 11) is 2.19. The van der Waals surface area contributed by atoms with Crippen LogP contribution in [0.1, 0.15) is 11.3 Å². The maximum absolute atomic E-state index is 4.08. The molecule has 2 heterocycles. The Hall–Kier alpha value is -0.160. The fraction of sp³-hybridized carbons (Fsp3) is 0.667. The number of nitrogens with one attached hydrogen (secondary N) is 1. The SMILES string of the molecule is CN(Cc1cncs1)C1CCNC1.Cl. The lowest BCUT2D eigenvalue weighted by Crippen LogP contribution is -2.32. The largest absolute Gasteiger partial charge is 0.315 e. The Morgan fingerprint density at radius 1 is 1.71 bits per heavy atom. The van der Waals surface area contributed by atoms with E-state index in [1.54, 1.807) is 11.3 Å². The molecule has 1 aliphatic heterocycles. The van der Waals surface area contributed by atoms with Crippen LogP contribution in [0.5, 0.6) is 0 Å². The maximum atomic E-state index is 4.08. The van der Waals surface area contributed by atoms with Gasteiger partial charge in [-0.25, -0.2) is 0 Å². The predicted octanol–water partition coefficient (Wildman–Crippen LogP) is 1.36. The highest BCUT2D eigenvalue weighted by atomic mass is 35.5. The Morgan fingerprint density at radius 2 is 2.57 bits per heavy atom. The van der Waals surface area contributed by atoms with Gasteiger partial charge in [0.1, 0.15) is 0 Å². The molecule has 1 aliphatic rings. The fourth-order valence-corrected chi connectivity index (χ4v) is 2.37. The van der Waals surface area contributed by atoms with Crippen molar-refractivity contribution in [3.63, 3.8) is 0 Å². The van der Waals surface area contributed by atoms with E-state index in [0.29, 0.717) is 6.04 Å².